The third-order valence-corrected chi connectivity index (χ3v) is 6.75. The predicted octanol–water partition coefficient (Wildman–Crippen LogP) is 7.35. The minimum atomic E-state index is -0.399. The Morgan fingerprint density at radius 3 is 2.51 bits per heavy atom. The van der Waals surface area contributed by atoms with Crippen molar-refractivity contribution < 1.29 is 23.5 Å². The van der Waals surface area contributed by atoms with Crippen molar-refractivity contribution >= 4 is 52.2 Å². The Balaban J connectivity index is 1.51. The molecule has 0 unspecified atom stereocenters. The third kappa shape index (κ3) is 5.99. The van der Waals surface area contributed by atoms with E-state index in [2.05, 4.69) is 0 Å². The van der Waals surface area contributed by atoms with E-state index >= 15 is 0 Å². The molecule has 1 aliphatic heterocycles. The van der Waals surface area contributed by atoms with Gasteiger partial charge >= 0.3 is 0 Å². The Morgan fingerprint density at radius 2 is 1.77 bits per heavy atom. The monoisotopic (exact) mass is 531 g/mol. The number of nitrogens with zero attached hydrogens (tertiary/aromatic N) is 1. The summed E-state index contributed by atoms with van der Waals surface area (Å²) in [4.78, 5) is 26.9. The Morgan fingerprint density at radius 1 is 0.971 bits per heavy atom. The summed E-state index contributed by atoms with van der Waals surface area (Å²) in [5, 5.41) is 0.380. The molecule has 0 radical (unpaired) electrons. The lowest BCUT2D eigenvalue weighted by Gasteiger charge is -2.13. The molecule has 3 aromatic rings. The summed E-state index contributed by atoms with van der Waals surface area (Å²) in [6, 6.07) is 16.5. The number of hydrogen-bond acceptors (Lipinski definition) is 5. The lowest BCUT2D eigenvalue weighted by Crippen LogP contribution is -2.27. The average Bonchev–Trinajstić information content (AvgIpc) is 3.09. The average molecular weight is 532 g/mol. The van der Waals surface area contributed by atoms with Crippen LogP contribution < -0.4 is 9.47 Å². The predicted molar refractivity (Wildman–Crippen MR) is 136 cm³/mol. The van der Waals surface area contributed by atoms with E-state index in [1.807, 2.05) is 6.92 Å². The molecule has 3 aromatic carbocycles. The number of carbonyl (C=O) groups is 2. The molecule has 0 aliphatic carbocycles. The molecule has 0 saturated carbocycles. The van der Waals surface area contributed by atoms with E-state index in [0.29, 0.717) is 44.8 Å². The van der Waals surface area contributed by atoms with E-state index in [0.717, 1.165) is 16.7 Å². The van der Waals surface area contributed by atoms with Crippen molar-refractivity contribution in [3.05, 3.63) is 98.1 Å². The molecule has 180 valence electrons. The van der Waals surface area contributed by atoms with E-state index in [1.165, 1.54) is 6.07 Å². The highest BCUT2D eigenvalue weighted by Crippen LogP contribution is 2.36. The van der Waals surface area contributed by atoms with Gasteiger partial charge in [0.2, 0.25) is 0 Å². The number of amides is 2. The maximum Gasteiger partial charge on any atom is 0.293 e. The van der Waals surface area contributed by atoms with Crippen LogP contribution in [0.5, 0.6) is 11.5 Å². The minimum absolute atomic E-state index is 0.0414. The number of ether oxygens (including phenoxy) is 2. The summed E-state index contributed by atoms with van der Waals surface area (Å²) in [5.41, 5.74) is 1.78. The molecule has 0 atom stereocenters. The maximum atomic E-state index is 13.9. The summed E-state index contributed by atoms with van der Waals surface area (Å²) in [5.74, 6) is 0.148. The third-order valence-electron chi connectivity index (χ3n) is 5.10. The summed E-state index contributed by atoms with van der Waals surface area (Å²) < 4.78 is 25.4. The van der Waals surface area contributed by atoms with Crippen LogP contribution in [0.1, 0.15) is 23.6 Å². The molecule has 0 spiro atoms. The fourth-order valence-electron chi connectivity index (χ4n) is 3.38. The quantitative estimate of drug-likeness (QED) is 0.284. The molecule has 9 heteroatoms. The van der Waals surface area contributed by atoms with Gasteiger partial charge in [0.1, 0.15) is 12.4 Å². The van der Waals surface area contributed by atoms with Crippen LogP contribution in [0.2, 0.25) is 10.0 Å². The largest absolute Gasteiger partial charge is 0.490 e. The zero-order valence-corrected chi connectivity index (χ0v) is 20.9. The first kappa shape index (κ1) is 25.1. The van der Waals surface area contributed by atoms with Crippen LogP contribution in [0.3, 0.4) is 0 Å². The first-order valence-corrected chi connectivity index (χ1v) is 12.2. The van der Waals surface area contributed by atoms with Crippen LogP contribution in [0.15, 0.2) is 65.6 Å². The molecular formula is C26H20Cl2FNO4S. The van der Waals surface area contributed by atoms with Gasteiger partial charge in [-0.2, -0.15) is 0 Å². The Labute approximate surface area is 216 Å². The highest BCUT2D eigenvalue weighted by Gasteiger charge is 2.35. The van der Waals surface area contributed by atoms with E-state index in [9.17, 15) is 14.0 Å². The lowest BCUT2D eigenvalue weighted by atomic mass is 10.1. The molecular weight excluding hydrogens is 512 g/mol. The number of halogens is 3. The molecule has 1 saturated heterocycles. The van der Waals surface area contributed by atoms with Gasteiger partial charge < -0.3 is 9.47 Å². The molecule has 0 bridgehead atoms. The van der Waals surface area contributed by atoms with Crippen LogP contribution in [0, 0.1) is 5.82 Å². The Hall–Kier alpha value is -3.00. The minimum Gasteiger partial charge on any atom is -0.490 e. The molecule has 35 heavy (non-hydrogen) atoms. The van der Waals surface area contributed by atoms with Crippen molar-refractivity contribution in [3.8, 4) is 11.5 Å². The Bertz CT molecular complexity index is 1310. The SMILES string of the molecule is CCOc1cc(/C=C2/SC(=O)N(Cc3ccc(Cl)c(Cl)c3)C2=O)ccc1OCc1ccccc1F. The summed E-state index contributed by atoms with van der Waals surface area (Å²) in [7, 11) is 0. The molecule has 4 rings (SSSR count). The van der Waals surface area contributed by atoms with Crippen LogP contribution in [0.4, 0.5) is 9.18 Å². The zero-order chi connectivity index (χ0) is 24.9. The first-order valence-electron chi connectivity index (χ1n) is 10.7. The number of thioether (sulfide) groups is 1. The van der Waals surface area contributed by atoms with E-state index in [-0.39, 0.29) is 29.1 Å². The van der Waals surface area contributed by atoms with Crippen molar-refractivity contribution in [1.29, 1.82) is 0 Å². The van der Waals surface area contributed by atoms with Gasteiger partial charge in [-0.3, -0.25) is 14.5 Å². The van der Waals surface area contributed by atoms with Gasteiger partial charge in [0.15, 0.2) is 11.5 Å². The first-order chi connectivity index (χ1) is 16.9. The van der Waals surface area contributed by atoms with Crippen molar-refractivity contribution in [2.45, 2.75) is 20.1 Å². The van der Waals surface area contributed by atoms with Crippen LogP contribution in [0.25, 0.3) is 6.08 Å². The van der Waals surface area contributed by atoms with Gasteiger partial charge in [0.05, 0.1) is 28.1 Å². The number of carbonyl (C=O) groups excluding carboxylic acids is 2. The van der Waals surface area contributed by atoms with Gasteiger partial charge in [-0.1, -0.05) is 53.5 Å². The molecule has 0 N–H and O–H groups in total. The van der Waals surface area contributed by atoms with Gasteiger partial charge in [0.25, 0.3) is 11.1 Å². The number of hydrogen-bond donors (Lipinski definition) is 0. The molecule has 0 aromatic heterocycles. The smallest absolute Gasteiger partial charge is 0.293 e. The van der Waals surface area contributed by atoms with E-state index in [4.69, 9.17) is 32.7 Å². The maximum absolute atomic E-state index is 13.9. The van der Waals surface area contributed by atoms with E-state index < -0.39 is 5.91 Å². The zero-order valence-electron chi connectivity index (χ0n) is 18.6. The number of benzene rings is 3. The molecule has 2 amide bonds. The molecule has 1 aliphatic rings. The second kappa shape index (κ2) is 11.2. The normalized spacial score (nSPS) is 14.6. The van der Waals surface area contributed by atoms with Crippen molar-refractivity contribution in [3.63, 3.8) is 0 Å². The van der Waals surface area contributed by atoms with Crippen LogP contribution in [-0.2, 0) is 17.9 Å². The van der Waals surface area contributed by atoms with Crippen LogP contribution in [-0.4, -0.2) is 22.7 Å². The topological polar surface area (TPSA) is 55.8 Å². The summed E-state index contributed by atoms with van der Waals surface area (Å²) >= 11 is 12.9. The van der Waals surface area contributed by atoms with Crippen LogP contribution >= 0.6 is 35.0 Å². The molecule has 5 nitrogen and oxygen atoms in total. The fraction of sp³-hybridized carbons (Fsp3) is 0.154. The lowest BCUT2D eigenvalue weighted by molar-refractivity contribution is -0.123. The second-order valence-electron chi connectivity index (χ2n) is 7.54. The van der Waals surface area contributed by atoms with Gasteiger partial charge in [0, 0.05) is 5.56 Å². The van der Waals surface area contributed by atoms with Gasteiger partial charge in [-0.25, -0.2) is 4.39 Å². The number of imide groups is 1. The molecule has 1 fully saturated rings. The summed E-state index contributed by atoms with van der Waals surface area (Å²) in [6.07, 6.45) is 1.63. The van der Waals surface area contributed by atoms with Gasteiger partial charge in [-0.05, 0) is 66.2 Å². The van der Waals surface area contributed by atoms with Crippen molar-refractivity contribution in [2.75, 3.05) is 6.61 Å². The van der Waals surface area contributed by atoms with E-state index in [1.54, 1.807) is 60.7 Å². The molecule has 1 heterocycles. The standard InChI is InChI=1S/C26H20Cl2FNO4S/c1-2-33-23-12-16(8-10-22(23)34-15-18-5-3-4-6-21(18)29)13-24-25(31)30(26(32)35-24)14-17-7-9-19(27)20(28)11-17/h3-13H,2,14-15H2,1H3/b24-13+. The van der Waals surface area contributed by atoms with Crippen molar-refractivity contribution in [2.24, 2.45) is 0 Å². The summed E-state index contributed by atoms with van der Waals surface area (Å²) in [6.45, 7) is 2.35. The second-order valence-corrected chi connectivity index (χ2v) is 9.34. The van der Waals surface area contributed by atoms with Crippen molar-refractivity contribution in [1.82, 2.24) is 4.90 Å². The highest BCUT2D eigenvalue weighted by atomic mass is 35.5. The van der Waals surface area contributed by atoms with Gasteiger partial charge in [-0.15, -0.1) is 0 Å². The highest BCUT2D eigenvalue weighted by molar-refractivity contribution is 8.18. The Kier molecular flexibility index (Phi) is 8.00. The fourth-order valence-corrected chi connectivity index (χ4v) is 4.54. The number of rotatable bonds is 8.